The average Bonchev–Trinajstić information content (AvgIpc) is 2.40. The number of rotatable bonds is 7. The van der Waals surface area contributed by atoms with Crippen LogP contribution in [-0.4, -0.2) is 31.9 Å². The van der Waals surface area contributed by atoms with E-state index in [1.54, 1.807) is 13.8 Å². The molecule has 0 atom stereocenters. The topological polar surface area (TPSA) is 49.4 Å². The van der Waals surface area contributed by atoms with Gasteiger partial charge in [-0.2, -0.15) is 4.31 Å². The van der Waals surface area contributed by atoms with Gasteiger partial charge in [0.05, 0.1) is 0 Å². The van der Waals surface area contributed by atoms with Crippen molar-refractivity contribution in [2.45, 2.75) is 45.2 Å². The molecule has 0 radical (unpaired) electrons. The Labute approximate surface area is 131 Å². The molecule has 7 heteroatoms. The maximum atomic E-state index is 14.5. The summed E-state index contributed by atoms with van der Waals surface area (Å²) in [6.45, 7) is 8.07. The van der Waals surface area contributed by atoms with E-state index < -0.39 is 15.8 Å². The van der Waals surface area contributed by atoms with Crippen LogP contribution in [-0.2, 0) is 16.6 Å². The lowest BCUT2D eigenvalue weighted by Crippen LogP contribution is -2.31. The highest BCUT2D eigenvalue weighted by molar-refractivity contribution is 7.89. The molecule has 120 valence electrons. The van der Waals surface area contributed by atoms with E-state index in [2.05, 4.69) is 5.32 Å². The molecule has 0 unspecified atom stereocenters. The molecule has 0 aliphatic heterocycles. The molecule has 0 aliphatic carbocycles. The second-order valence-corrected chi connectivity index (χ2v) is 7.34. The molecule has 0 saturated heterocycles. The van der Waals surface area contributed by atoms with Crippen LogP contribution in [0.4, 0.5) is 4.39 Å². The third-order valence-electron chi connectivity index (χ3n) is 3.10. The number of hydrogen-bond acceptors (Lipinski definition) is 3. The first-order valence-corrected chi connectivity index (χ1v) is 8.77. The fraction of sp³-hybridized carbons (Fsp3) is 0.571. The zero-order valence-corrected chi connectivity index (χ0v) is 14.4. The highest BCUT2D eigenvalue weighted by Gasteiger charge is 2.27. The molecule has 0 saturated carbocycles. The molecule has 0 bridgehead atoms. The van der Waals surface area contributed by atoms with Gasteiger partial charge >= 0.3 is 0 Å². The number of nitrogens with one attached hydrogen (secondary N) is 1. The van der Waals surface area contributed by atoms with Crippen LogP contribution in [0.2, 0.25) is 5.02 Å². The predicted molar refractivity (Wildman–Crippen MR) is 83.5 cm³/mol. The highest BCUT2D eigenvalue weighted by Crippen LogP contribution is 2.26. The van der Waals surface area contributed by atoms with Gasteiger partial charge in [-0.1, -0.05) is 39.3 Å². The Bertz CT molecular complexity index is 587. The van der Waals surface area contributed by atoms with Crippen LogP contribution in [0.3, 0.4) is 0 Å². The molecule has 0 fully saturated rings. The summed E-state index contributed by atoms with van der Waals surface area (Å²) in [4.78, 5) is -0.362. The standard InChI is InChI=1S/C14H22ClFN2O2S/c1-5-18(6-2)21(19,20)13-8-12(15)7-11(14(13)16)9-17-10(3)4/h7-8,10,17H,5-6,9H2,1-4H3. The van der Waals surface area contributed by atoms with Gasteiger partial charge < -0.3 is 5.32 Å². The van der Waals surface area contributed by atoms with E-state index in [1.807, 2.05) is 13.8 Å². The summed E-state index contributed by atoms with van der Waals surface area (Å²) in [7, 11) is -3.87. The Morgan fingerprint density at radius 2 is 1.86 bits per heavy atom. The molecule has 0 spiro atoms. The van der Waals surface area contributed by atoms with Crippen molar-refractivity contribution in [1.29, 1.82) is 0 Å². The fourth-order valence-corrected chi connectivity index (χ4v) is 3.85. The first-order valence-electron chi connectivity index (χ1n) is 6.95. The number of benzene rings is 1. The monoisotopic (exact) mass is 336 g/mol. The van der Waals surface area contributed by atoms with Crippen molar-refractivity contribution >= 4 is 21.6 Å². The van der Waals surface area contributed by atoms with Crippen LogP contribution >= 0.6 is 11.6 Å². The Morgan fingerprint density at radius 1 is 1.29 bits per heavy atom. The first kappa shape index (κ1) is 18.4. The fourth-order valence-electron chi connectivity index (χ4n) is 1.95. The van der Waals surface area contributed by atoms with Gasteiger partial charge in [0, 0.05) is 36.3 Å². The molecular formula is C14H22ClFN2O2S. The van der Waals surface area contributed by atoms with Crippen LogP contribution in [0.5, 0.6) is 0 Å². The molecule has 4 nitrogen and oxygen atoms in total. The summed E-state index contributed by atoms with van der Waals surface area (Å²) in [6, 6.07) is 2.78. The normalized spacial score (nSPS) is 12.4. The lowest BCUT2D eigenvalue weighted by atomic mass is 10.2. The summed E-state index contributed by atoms with van der Waals surface area (Å²) in [5, 5.41) is 3.27. The molecule has 1 rings (SSSR count). The van der Waals surface area contributed by atoms with Gasteiger partial charge in [0.25, 0.3) is 0 Å². The minimum absolute atomic E-state index is 0.159. The van der Waals surface area contributed by atoms with Crippen LogP contribution in [0.1, 0.15) is 33.3 Å². The largest absolute Gasteiger partial charge is 0.310 e. The van der Waals surface area contributed by atoms with Crippen LogP contribution in [0.25, 0.3) is 0 Å². The molecule has 0 aromatic heterocycles. The lowest BCUT2D eigenvalue weighted by Gasteiger charge is -2.20. The molecule has 21 heavy (non-hydrogen) atoms. The van der Waals surface area contributed by atoms with E-state index in [9.17, 15) is 12.8 Å². The van der Waals surface area contributed by atoms with Gasteiger partial charge in [-0.05, 0) is 12.1 Å². The quantitative estimate of drug-likeness (QED) is 0.832. The number of sulfonamides is 1. The molecule has 0 heterocycles. The number of nitrogens with zero attached hydrogens (tertiary/aromatic N) is 1. The number of hydrogen-bond donors (Lipinski definition) is 1. The van der Waals surface area contributed by atoms with E-state index in [1.165, 1.54) is 16.4 Å². The molecule has 0 amide bonds. The molecular weight excluding hydrogens is 315 g/mol. The van der Waals surface area contributed by atoms with E-state index in [4.69, 9.17) is 11.6 Å². The van der Waals surface area contributed by atoms with E-state index in [0.29, 0.717) is 0 Å². The van der Waals surface area contributed by atoms with Crippen LogP contribution < -0.4 is 5.32 Å². The van der Waals surface area contributed by atoms with Gasteiger partial charge in [0.1, 0.15) is 10.7 Å². The zero-order chi connectivity index (χ0) is 16.2. The Hall–Kier alpha value is -0.690. The van der Waals surface area contributed by atoms with Crippen molar-refractivity contribution < 1.29 is 12.8 Å². The van der Waals surface area contributed by atoms with Gasteiger partial charge in [0.2, 0.25) is 10.0 Å². The van der Waals surface area contributed by atoms with Crippen molar-refractivity contribution in [2.24, 2.45) is 0 Å². The summed E-state index contributed by atoms with van der Waals surface area (Å²) >= 11 is 5.96. The molecule has 1 aromatic carbocycles. The van der Waals surface area contributed by atoms with E-state index in [-0.39, 0.29) is 41.2 Å². The van der Waals surface area contributed by atoms with Gasteiger partial charge in [0.15, 0.2) is 0 Å². The van der Waals surface area contributed by atoms with E-state index >= 15 is 0 Å². The zero-order valence-electron chi connectivity index (χ0n) is 12.8. The maximum absolute atomic E-state index is 14.5. The van der Waals surface area contributed by atoms with Crippen molar-refractivity contribution in [2.75, 3.05) is 13.1 Å². The smallest absolute Gasteiger partial charge is 0.246 e. The highest BCUT2D eigenvalue weighted by atomic mass is 35.5. The van der Waals surface area contributed by atoms with Crippen molar-refractivity contribution in [3.63, 3.8) is 0 Å². The first-order chi connectivity index (χ1) is 9.73. The minimum Gasteiger partial charge on any atom is -0.310 e. The van der Waals surface area contributed by atoms with Gasteiger partial charge in [-0.25, -0.2) is 12.8 Å². The van der Waals surface area contributed by atoms with Crippen molar-refractivity contribution in [3.05, 3.63) is 28.5 Å². The Balaban J connectivity index is 3.31. The van der Waals surface area contributed by atoms with Gasteiger partial charge in [-0.15, -0.1) is 0 Å². The van der Waals surface area contributed by atoms with E-state index in [0.717, 1.165) is 0 Å². The predicted octanol–water partition coefficient (Wildman–Crippen LogP) is 3.01. The van der Waals surface area contributed by atoms with Crippen LogP contribution in [0.15, 0.2) is 17.0 Å². The number of halogens is 2. The second kappa shape index (κ2) is 7.54. The maximum Gasteiger partial charge on any atom is 0.246 e. The van der Waals surface area contributed by atoms with Crippen molar-refractivity contribution in [3.8, 4) is 0 Å². The Morgan fingerprint density at radius 3 is 2.33 bits per heavy atom. The third kappa shape index (κ3) is 4.39. The third-order valence-corrected chi connectivity index (χ3v) is 5.37. The summed E-state index contributed by atoms with van der Waals surface area (Å²) in [6.07, 6.45) is 0. The summed E-state index contributed by atoms with van der Waals surface area (Å²) < 4.78 is 40.7. The second-order valence-electron chi connectivity index (χ2n) is 5.00. The Kier molecular flexibility index (Phi) is 6.59. The minimum atomic E-state index is -3.87. The summed E-state index contributed by atoms with van der Waals surface area (Å²) in [5.74, 6) is -0.737. The molecule has 1 N–H and O–H groups in total. The van der Waals surface area contributed by atoms with Crippen molar-refractivity contribution in [1.82, 2.24) is 9.62 Å². The lowest BCUT2D eigenvalue weighted by molar-refractivity contribution is 0.438. The molecule has 1 aromatic rings. The van der Waals surface area contributed by atoms with Crippen LogP contribution in [0, 0.1) is 5.82 Å². The van der Waals surface area contributed by atoms with Gasteiger partial charge in [-0.3, -0.25) is 0 Å². The SMILES string of the molecule is CCN(CC)S(=O)(=O)c1cc(Cl)cc(CNC(C)C)c1F. The summed E-state index contributed by atoms with van der Waals surface area (Å²) in [5.41, 5.74) is 0.252. The average molecular weight is 337 g/mol. The molecule has 0 aliphatic rings.